The highest BCUT2D eigenvalue weighted by atomic mass is 79.9. The average Bonchev–Trinajstić information content (AvgIpc) is 3.33. The lowest BCUT2D eigenvalue weighted by molar-refractivity contribution is 0.0830. The van der Waals surface area contributed by atoms with Crippen molar-refractivity contribution in [3.05, 3.63) is 74.3 Å². The highest BCUT2D eigenvalue weighted by Crippen LogP contribution is 2.22. The molecule has 0 fully saturated rings. The van der Waals surface area contributed by atoms with Crippen molar-refractivity contribution in [3.63, 3.8) is 0 Å². The van der Waals surface area contributed by atoms with Crippen molar-refractivity contribution in [1.82, 2.24) is 10.9 Å². The zero-order valence-corrected chi connectivity index (χ0v) is 16.1. The molecule has 0 atom stereocenters. The third-order valence-corrected chi connectivity index (χ3v) is 4.97. The maximum atomic E-state index is 12.1. The molecule has 0 aliphatic carbocycles. The van der Waals surface area contributed by atoms with Gasteiger partial charge in [-0.2, -0.15) is 5.26 Å². The first-order chi connectivity index (χ1) is 13.1. The second kappa shape index (κ2) is 8.53. The molecule has 0 aliphatic rings. The number of ether oxygens (including phenoxy) is 1. The molecule has 3 aromatic rings. The van der Waals surface area contributed by atoms with Gasteiger partial charge in [0.05, 0.1) is 14.2 Å². The number of carbonyl (C=O) groups is 2. The maximum Gasteiger partial charge on any atom is 0.305 e. The molecule has 7 nitrogen and oxygen atoms in total. The fourth-order valence-corrected chi connectivity index (χ4v) is 3.37. The van der Waals surface area contributed by atoms with Crippen LogP contribution in [0.3, 0.4) is 0 Å². The molecule has 27 heavy (non-hydrogen) atoms. The minimum atomic E-state index is -0.595. The van der Waals surface area contributed by atoms with Crippen LogP contribution in [-0.4, -0.2) is 11.8 Å². The Labute approximate surface area is 166 Å². The molecule has 0 saturated carbocycles. The van der Waals surface area contributed by atoms with Crippen LogP contribution in [-0.2, 0) is 6.61 Å². The summed E-state index contributed by atoms with van der Waals surface area (Å²) < 4.78 is 11.8. The quantitative estimate of drug-likeness (QED) is 0.583. The Morgan fingerprint density at radius 3 is 2.63 bits per heavy atom. The molecule has 1 aromatic carbocycles. The molecule has 0 radical (unpaired) electrons. The summed E-state index contributed by atoms with van der Waals surface area (Å²) in [6, 6.07) is 15.3. The molecule has 136 valence electrons. The van der Waals surface area contributed by atoms with Gasteiger partial charge in [0.25, 0.3) is 5.91 Å². The third kappa shape index (κ3) is 4.75. The zero-order chi connectivity index (χ0) is 19.2. The van der Waals surface area contributed by atoms with E-state index in [2.05, 4.69) is 26.8 Å². The Bertz CT molecular complexity index is 1020. The topological polar surface area (TPSA) is 104 Å². The van der Waals surface area contributed by atoms with E-state index in [9.17, 15) is 9.59 Å². The predicted molar refractivity (Wildman–Crippen MR) is 101 cm³/mol. The zero-order valence-electron chi connectivity index (χ0n) is 13.7. The number of hydrazine groups is 1. The Balaban J connectivity index is 1.54. The van der Waals surface area contributed by atoms with E-state index in [1.165, 1.54) is 17.4 Å². The largest absolute Gasteiger partial charge is 0.484 e. The first-order valence-electron chi connectivity index (χ1n) is 7.63. The van der Waals surface area contributed by atoms with Crippen molar-refractivity contribution in [2.45, 2.75) is 6.61 Å². The number of thiophene rings is 1. The van der Waals surface area contributed by atoms with Crippen molar-refractivity contribution < 1.29 is 18.7 Å². The van der Waals surface area contributed by atoms with Crippen molar-refractivity contribution >= 4 is 39.1 Å². The number of halogens is 1. The van der Waals surface area contributed by atoms with Crippen LogP contribution in [0.25, 0.3) is 0 Å². The van der Waals surface area contributed by atoms with E-state index >= 15 is 0 Å². The smallest absolute Gasteiger partial charge is 0.305 e. The van der Waals surface area contributed by atoms with Gasteiger partial charge in [-0.05, 0) is 52.3 Å². The number of hydrogen-bond acceptors (Lipinski definition) is 6. The minimum absolute atomic E-state index is 0.0230. The van der Waals surface area contributed by atoms with Gasteiger partial charge in [0.1, 0.15) is 24.2 Å². The van der Waals surface area contributed by atoms with Crippen molar-refractivity contribution in [1.29, 1.82) is 5.26 Å². The Kier molecular flexibility index (Phi) is 5.90. The molecule has 0 spiro atoms. The molecular weight excluding hydrogens is 434 g/mol. The summed E-state index contributed by atoms with van der Waals surface area (Å²) in [7, 11) is 0. The van der Waals surface area contributed by atoms with E-state index in [1.807, 2.05) is 6.07 Å². The molecule has 3 rings (SSSR count). The number of nitriles is 1. The van der Waals surface area contributed by atoms with Gasteiger partial charge >= 0.3 is 5.91 Å². The fourth-order valence-electron chi connectivity index (χ4n) is 2.08. The van der Waals surface area contributed by atoms with Gasteiger partial charge in [-0.25, -0.2) is 0 Å². The molecule has 9 heteroatoms. The van der Waals surface area contributed by atoms with Crippen molar-refractivity contribution in [3.8, 4) is 11.8 Å². The first kappa shape index (κ1) is 18.7. The number of para-hydroxylation sites is 1. The number of amides is 2. The summed E-state index contributed by atoms with van der Waals surface area (Å²) in [4.78, 5) is 24.4. The van der Waals surface area contributed by atoms with Crippen LogP contribution in [0.15, 0.2) is 56.7 Å². The Morgan fingerprint density at radius 2 is 1.89 bits per heavy atom. The number of benzene rings is 1. The lowest BCUT2D eigenvalue weighted by Crippen LogP contribution is -2.41. The van der Waals surface area contributed by atoms with Gasteiger partial charge in [0.15, 0.2) is 5.76 Å². The monoisotopic (exact) mass is 445 g/mol. The van der Waals surface area contributed by atoms with Crippen LogP contribution in [0.5, 0.6) is 5.75 Å². The Morgan fingerprint density at radius 1 is 1.11 bits per heavy atom. The second-order valence-corrected chi connectivity index (χ2v) is 7.64. The first-order valence-corrected chi connectivity index (χ1v) is 9.24. The number of furan rings is 1. The van der Waals surface area contributed by atoms with Gasteiger partial charge < -0.3 is 9.15 Å². The van der Waals surface area contributed by atoms with Gasteiger partial charge in [-0.3, -0.25) is 20.4 Å². The molecule has 0 aliphatic heterocycles. The summed E-state index contributed by atoms with van der Waals surface area (Å²) in [6.07, 6.45) is 0. The van der Waals surface area contributed by atoms with E-state index in [0.717, 1.165) is 3.79 Å². The molecule has 0 unspecified atom stereocenters. The highest BCUT2D eigenvalue weighted by molar-refractivity contribution is 9.11. The standard InChI is InChI=1S/C18H12BrN3O4S/c19-16-8-7-15(27-16)18(24)22-21-17(23)14-6-5-12(26-14)10-25-13-4-2-1-3-11(13)9-20/h1-8H,10H2,(H,21,23)(H,22,24). The molecule has 0 bridgehead atoms. The van der Waals surface area contributed by atoms with Crippen LogP contribution in [0.2, 0.25) is 0 Å². The third-order valence-electron chi connectivity index (χ3n) is 3.35. The summed E-state index contributed by atoms with van der Waals surface area (Å²) in [5, 5.41) is 9.04. The summed E-state index contributed by atoms with van der Waals surface area (Å²) in [5.41, 5.74) is 5.01. The lowest BCUT2D eigenvalue weighted by atomic mass is 10.2. The van der Waals surface area contributed by atoms with E-state index in [0.29, 0.717) is 22.0 Å². The number of nitrogens with zero attached hydrogens (tertiary/aromatic N) is 1. The number of rotatable bonds is 5. The molecule has 2 aromatic heterocycles. The minimum Gasteiger partial charge on any atom is -0.484 e. The molecular formula is C18H12BrN3O4S. The van der Waals surface area contributed by atoms with Gasteiger partial charge in [-0.1, -0.05) is 12.1 Å². The predicted octanol–water partition coefficient (Wildman–Crippen LogP) is 3.63. The summed E-state index contributed by atoms with van der Waals surface area (Å²) in [6.45, 7) is 0.0571. The van der Waals surface area contributed by atoms with Crippen LogP contribution in [0, 0.1) is 11.3 Å². The molecule has 0 saturated heterocycles. The van der Waals surface area contributed by atoms with Crippen LogP contribution < -0.4 is 15.6 Å². The van der Waals surface area contributed by atoms with Gasteiger partial charge in [0, 0.05) is 0 Å². The fraction of sp³-hybridized carbons (Fsp3) is 0.0556. The molecule has 2 amide bonds. The normalized spacial score (nSPS) is 10.1. The van der Waals surface area contributed by atoms with Gasteiger partial charge in [-0.15, -0.1) is 11.3 Å². The number of nitrogens with one attached hydrogen (secondary N) is 2. The molecule has 2 heterocycles. The van der Waals surface area contributed by atoms with Gasteiger partial charge in [0.2, 0.25) is 0 Å². The van der Waals surface area contributed by atoms with E-state index in [-0.39, 0.29) is 12.4 Å². The number of carbonyl (C=O) groups excluding carboxylic acids is 2. The number of hydrogen-bond donors (Lipinski definition) is 2. The van der Waals surface area contributed by atoms with E-state index in [4.69, 9.17) is 14.4 Å². The van der Waals surface area contributed by atoms with Crippen molar-refractivity contribution in [2.24, 2.45) is 0 Å². The Hall–Kier alpha value is -3.09. The molecule has 2 N–H and O–H groups in total. The average molecular weight is 446 g/mol. The summed E-state index contributed by atoms with van der Waals surface area (Å²) >= 11 is 4.51. The van der Waals surface area contributed by atoms with E-state index in [1.54, 1.807) is 42.5 Å². The maximum absolute atomic E-state index is 12.1. The second-order valence-electron chi connectivity index (χ2n) is 5.17. The lowest BCUT2D eigenvalue weighted by Gasteiger charge is -2.06. The van der Waals surface area contributed by atoms with Crippen LogP contribution >= 0.6 is 27.3 Å². The van der Waals surface area contributed by atoms with Crippen LogP contribution in [0.1, 0.15) is 31.6 Å². The summed E-state index contributed by atoms with van der Waals surface area (Å²) in [5.74, 6) is -0.169. The van der Waals surface area contributed by atoms with Crippen molar-refractivity contribution in [2.75, 3.05) is 0 Å². The van der Waals surface area contributed by atoms with E-state index < -0.39 is 11.8 Å². The SMILES string of the molecule is N#Cc1ccccc1OCc1ccc(C(=O)NNC(=O)c2ccc(Br)s2)o1. The van der Waals surface area contributed by atoms with Crippen LogP contribution in [0.4, 0.5) is 0 Å². The highest BCUT2D eigenvalue weighted by Gasteiger charge is 2.14.